The molecule has 6 rings (SSSR count). The minimum absolute atomic E-state index is 0.0502. The van der Waals surface area contributed by atoms with Crippen LogP contribution in [-0.2, 0) is 19.4 Å². The Morgan fingerprint density at radius 3 is 2.69 bits per heavy atom. The average molecular weight is 638 g/mol. The summed E-state index contributed by atoms with van der Waals surface area (Å²) >= 11 is 0. The zero-order chi connectivity index (χ0) is 31.9. The number of amides is 1. The lowest BCUT2D eigenvalue weighted by Gasteiger charge is -2.48. The summed E-state index contributed by atoms with van der Waals surface area (Å²) in [5, 5.41) is 5.19. The number of pyridine rings is 1. The first-order valence-electron chi connectivity index (χ1n) is 15.4. The Bertz CT molecular complexity index is 1710. The molecular weight excluding hydrogens is 597 g/mol. The second-order valence-electron chi connectivity index (χ2n) is 12.3. The Hall–Kier alpha value is -3.84. The van der Waals surface area contributed by atoms with Gasteiger partial charge in [0, 0.05) is 68.4 Å². The van der Waals surface area contributed by atoms with Crippen LogP contribution in [0.25, 0.3) is 10.8 Å². The van der Waals surface area contributed by atoms with Crippen molar-refractivity contribution in [3.05, 3.63) is 54.9 Å². The molecule has 0 bridgehead atoms. The van der Waals surface area contributed by atoms with Crippen LogP contribution in [0.15, 0.2) is 49.3 Å². The molecule has 3 aromatic rings. The van der Waals surface area contributed by atoms with Gasteiger partial charge in [0.1, 0.15) is 27.6 Å². The zero-order valence-electron chi connectivity index (χ0n) is 25.9. The van der Waals surface area contributed by atoms with E-state index in [4.69, 9.17) is 9.72 Å². The predicted molar refractivity (Wildman–Crippen MR) is 173 cm³/mol. The number of fused-ring (bicyclic) bond motifs is 1. The number of likely N-dealkylation sites (tertiary alicyclic amines) is 1. The Morgan fingerprint density at radius 2 is 1.98 bits per heavy atom. The van der Waals surface area contributed by atoms with Crippen LogP contribution in [0.1, 0.15) is 37.8 Å². The van der Waals surface area contributed by atoms with Crippen LogP contribution in [0, 0.1) is 5.92 Å². The van der Waals surface area contributed by atoms with Gasteiger partial charge in [0.2, 0.25) is 11.9 Å². The van der Waals surface area contributed by atoms with Gasteiger partial charge in [-0.3, -0.25) is 4.79 Å². The van der Waals surface area contributed by atoms with E-state index in [1.165, 1.54) is 19.4 Å². The molecule has 5 atom stereocenters. The van der Waals surface area contributed by atoms with E-state index in [-0.39, 0.29) is 36.2 Å². The maximum absolute atomic E-state index is 14.6. The topological polar surface area (TPSA) is 121 Å². The standard InChI is InChI=1S/C32H40FN7O4S/c1-5-31(41)39-13-6-7-26(39)22-8-9-27(40-17-21(20(40)2)19-45(4,42)43)24-16-35-30(15-23(22)24)36-29-10-12-34-32(37-29)38-14-11-28(44-3)25(33)18-38/h5,8-10,12,15-16,20-21,25-26,28H,1,6-7,11,13-14,17-19H2,2-4H3,(H,34,35,36,37)/t20-,21-,25+,26+,28+/m1/s1. The van der Waals surface area contributed by atoms with E-state index in [0.29, 0.717) is 43.6 Å². The van der Waals surface area contributed by atoms with Gasteiger partial charge in [0.05, 0.1) is 24.4 Å². The van der Waals surface area contributed by atoms with Crippen LogP contribution in [-0.4, -0.2) is 97.8 Å². The minimum Gasteiger partial charge on any atom is -0.378 e. The predicted octanol–water partition coefficient (Wildman–Crippen LogP) is 4.05. The quantitative estimate of drug-likeness (QED) is 0.344. The summed E-state index contributed by atoms with van der Waals surface area (Å²) in [4.78, 5) is 32.4. The number of hydrogen-bond donors (Lipinski definition) is 1. The van der Waals surface area contributed by atoms with E-state index >= 15 is 0 Å². The molecule has 0 saturated carbocycles. The molecule has 1 amide bonds. The van der Waals surface area contributed by atoms with Crippen molar-refractivity contribution in [2.45, 2.75) is 50.5 Å². The fraction of sp³-hybridized carbons (Fsp3) is 0.500. The molecule has 3 aliphatic rings. The molecule has 45 heavy (non-hydrogen) atoms. The van der Waals surface area contributed by atoms with Crippen LogP contribution < -0.4 is 15.1 Å². The third-order valence-electron chi connectivity index (χ3n) is 9.38. The Labute approximate surface area is 263 Å². The second kappa shape index (κ2) is 12.5. The molecular formula is C32H40FN7O4S. The van der Waals surface area contributed by atoms with Gasteiger partial charge < -0.3 is 24.8 Å². The first kappa shape index (κ1) is 31.2. The first-order valence-corrected chi connectivity index (χ1v) is 17.4. The highest BCUT2D eigenvalue weighted by atomic mass is 32.2. The van der Waals surface area contributed by atoms with E-state index in [9.17, 15) is 17.6 Å². The lowest BCUT2D eigenvalue weighted by atomic mass is 9.89. The van der Waals surface area contributed by atoms with Gasteiger partial charge in [-0.15, -0.1) is 0 Å². The van der Waals surface area contributed by atoms with Crippen molar-refractivity contribution in [3.8, 4) is 0 Å². The molecule has 0 unspecified atom stereocenters. The third kappa shape index (κ3) is 6.32. The summed E-state index contributed by atoms with van der Waals surface area (Å²) in [7, 11) is -1.55. The van der Waals surface area contributed by atoms with Gasteiger partial charge in [-0.05, 0) is 61.4 Å². The molecule has 0 radical (unpaired) electrons. The summed E-state index contributed by atoms with van der Waals surface area (Å²) in [5.74, 6) is 1.64. The van der Waals surface area contributed by atoms with Gasteiger partial charge in [-0.25, -0.2) is 22.8 Å². The van der Waals surface area contributed by atoms with Gasteiger partial charge in [-0.1, -0.05) is 12.6 Å². The normalized spacial score (nSPS) is 25.3. The molecule has 13 heteroatoms. The number of ether oxygens (including phenoxy) is 1. The molecule has 3 saturated heterocycles. The van der Waals surface area contributed by atoms with Crippen LogP contribution in [0.4, 0.5) is 27.7 Å². The highest BCUT2D eigenvalue weighted by Crippen LogP contribution is 2.42. The van der Waals surface area contributed by atoms with Crippen molar-refractivity contribution in [2.75, 3.05) is 60.4 Å². The van der Waals surface area contributed by atoms with Crippen molar-refractivity contribution in [2.24, 2.45) is 5.92 Å². The van der Waals surface area contributed by atoms with E-state index in [1.54, 1.807) is 12.3 Å². The number of alkyl halides is 1. The fourth-order valence-electron chi connectivity index (χ4n) is 6.95. The SMILES string of the molecule is C=CC(=O)N1CCC[C@H]1c1ccc(N2C[C@H](CS(C)(=O)=O)[C@H]2C)c2cnc(Nc3ccnc(N4CC[C@H](OC)[C@@H](F)C4)n3)cc12. The van der Waals surface area contributed by atoms with E-state index in [2.05, 4.69) is 45.8 Å². The average Bonchev–Trinajstić information content (AvgIpc) is 3.51. The van der Waals surface area contributed by atoms with E-state index in [0.717, 1.165) is 34.9 Å². The van der Waals surface area contributed by atoms with Crippen molar-refractivity contribution in [1.29, 1.82) is 0 Å². The Kier molecular flexibility index (Phi) is 8.66. The lowest BCUT2D eigenvalue weighted by Crippen LogP contribution is -2.57. The zero-order valence-corrected chi connectivity index (χ0v) is 26.7. The molecule has 3 fully saturated rings. The van der Waals surface area contributed by atoms with Crippen molar-refractivity contribution < 1.29 is 22.3 Å². The molecule has 3 aliphatic heterocycles. The van der Waals surface area contributed by atoms with Gasteiger partial charge in [-0.2, -0.15) is 4.98 Å². The molecule has 0 aliphatic carbocycles. The summed E-state index contributed by atoms with van der Waals surface area (Å²) in [6.07, 6.45) is 6.84. The monoisotopic (exact) mass is 637 g/mol. The molecule has 2 aromatic heterocycles. The number of aromatic nitrogens is 3. The number of nitrogens with one attached hydrogen (secondary N) is 1. The number of methoxy groups -OCH3 is 1. The molecule has 0 spiro atoms. The summed E-state index contributed by atoms with van der Waals surface area (Å²) in [6.45, 7) is 7.80. The summed E-state index contributed by atoms with van der Waals surface area (Å²) in [6, 6.07) is 7.81. The Morgan fingerprint density at radius 1 is 1.16 bits per heavy atom. The number of rotatable bonds is 9. The number of carbonyl (C=O) groups excluding carboxylic acids is 1. The Balaban J connectivity index is 1.33. The van der Waals surface area contributed by atoms with Crippen LogP contribution >= 0.6 is 0 Å². The second-order valence-corrected chi connectivity index (χ2v) is 14.5. The van der Waals surface area contributed by atoms with Gasteiger partial charge >= 0.3 is 0 Å². The highest BCUT2D eigenvalue weighted by molar-refractivity contribution is 7.90. The molecule has 1 aromatic carbocycles. The number of benzene rings is 1. The highest BCUT2D eigenvalue weighted by Gasteiger charge is 2.39. The largest absolute Gasteiger partial charge is 0.378 e. The number of anilines is 4. The van der Waals surface area contributed by atoms with Crippen molar-refractivity contribution >= 4 is 49.8 Å². The number of piperidine rings is 1. The summed E-state index contributed by atoms with van der Waals surface area (Å²) in [5.41, 5.74) is 2.00. The maximum atomic E-state index is 14.6. The van der Waals surface area contributed by atoms with Gasteiger partial charge in [0.25, 0.3) is 0 Å². The number of halogens is 1. The smallest absolute Gasteiger partial charge is 0.246 e. The van der Waals surface area contributed by atoms with E-state index in [1.807, 2.05) is 22.1 Å². The lowest BCUT2D eigenvalue weighted by molar-refractivity contribution is -0.126. The molecule has 240 valence electrons. The number of nitrogens with zero attached hydrogens (tertiary/aromatic N) is 6. The number of hydrogen-bond acceptors (Lipinski definition) is 10. The molecule has 1 N–H and O–H groups in total. The van der Waals surface area contributed by atoms with E-state index < -0.39 is 22.1 Å². The van der Waals surface area contributed by atoms with Crippen molar-refractivity contribution in [1.82, 2.24) is 19.9 Å². The van der Waals surface area contributed by atoms with Crippen molar-refractivity contribution in [3.63, 3.8) is 0 Å². The maximum Gasteiger partial charge on any atom is 0.246 e. The third-order valence-corrected chi connectivity index (χ3v) is 10.4. The number of sulfone groups is 1. The number of carbonyl (C=O) groups is 1. The molecule has 5 heterocycles. The van der Waals surface area contributed by atoms with Crippen LogP contribution in [0.2, 0.25) is 0 Å². The summed E-state index contributed by atoms with van der Waals surface area (Å²) < 4.78 is 43.8. The molecule has 11 nitrogen and oxygen atoms in total. The van der Waals surface area contributed by atoms with Crippen LogP contribution in [0.5, 0.6) is 0 Å². The first-order chi connectivity index (χ1) is 21.6. The van der Waals surface area contributed by atoms with Gasteiger partial charge in [0.15, 0.2) is 0 Å². The van der Waals surface area contributed by atoms with Crippen LogP contribution in [0.3, 0.4) is 0 Å². The fourth-order valence-corrected chi connectivity index (χ4v) is 8.11. The minimum atomic E-state index is -3.08.